The minimum absolute atomic E-state index is 0. The second-order valence-electron chi connectivity index (χ2n) is 4.69. The van der Waals surface area contributed by atoms with E-state index in [1.54, 1.807) is 0 Å². The van der Waals surface area contributed by atoms with Crippen molar-refractivity contribution in [1.29, 1.82) is 0 Å². The summed E-state index contributed by atoms with van der Waals surface area (Å²) in [6.45, 7) is 0.866. The highest BCUT2D eigenvalue weighted by molar-refractivity contribution is 8.93. The first-order chi connectivity index (χ1) is 8.14. The maximum Gasteiger partial charge on any atom is 0.0431 e. The van der Waals surface area contributed by atoms with Crippen molar-refractivity contribution in [1.82, 2.24) is 0 Å². The minimum atomic E-state index is -0.435. The molecule has 7 heteroatoms. The Morgan fingerprint density at radius 2 is 1.26 bits per heavy atom. The molecule has 0 rings (SSSR count). The van der Waals surface area contributed by atoms with E-state index < -0.39 is 5.54 Å². The van der Waals surface area contributed by atoms with Gasteiger partial charge in [0.1, 0.15) is 0 Å². The Kier molecular flexibility index (Phi) is 19.7. The van der Waals surface area contributed by atoms with Gasteiger partial charge in [-0.15, -0.1) is 34.0 Å². The molecule has 0 bridgehead atoms. The van der Waals surface area contributed by atoms with Crippen LogP contribution >= 0.6 is 34.0 Å². The standard InChI is InChI=1S/C12H28N2O3.2BrH/c13-10-11(4-1-7-15)12(14,5-2-8-16)6-3-9-17;;/h11,15-17H,1-10,13-14H2;2*1H. The number of aliphatic hydroxyl groups is 3. The molecule has 0 saturated carbocycles. The van der Waals surface area contributed by atoms with Crippen LogP contribution in [0.4, 0.5) is 0 Å². The Bertz CT molecular complexity index is 180. The first-order valence-electron chi connectivity index (χ1n) is 6.46. The zero-order valence-corrected chi connectivity index (χ0v) is 14.9. The van der Waals surface area contributed by atoms with Gasteiger partial charge in [-0.05, 0) is 51.0 Å². The number of hydrogen-bond acceptors (Lipinski definition) is 5. The Hall–Kier alpha value is 0.760. The van der Waals surface area contributed by atoms with E-state index in [0.717, 1.165) is 6.42 Å². The van der Waals surface area contributed by atoms with E-state index in [1.165, 1.54) is 0 Å². The molecular formula is C12H30Br2N2O3. The first-order valence-corrected chi connectivity index (χ1v) is 6.46. The van der Waals surface area contributed by atoms with Crippen molar-refractivity contribution in [2.24, 2.45) is 17.4 Å². The van der Waals surface area contributed by atoms with Gasteiger partial charge in [-0.25, -0.2) is 0 Å². The number of aliphatic hydroxyl groups excluding tert-OH is 3. The highest BCUT2D eigenvalue weighted by Gasteiger charge is 2.32. The van der Waals surface area contributed by atoms with Gasteiger partial charge < -0.3 is 26.8 Å². The van der Waals surface area contributed by atoms with Gasteiger partial charge in [0.05, 0.1) is 0 Å². The summed E-state index contributed by atoms with van der Waals surface area (Å²) >= 11 is 0. The zero-order chi connectivity index (χ0) is 13.1. The van der Waals surface area contributed by atoms with Crippen molar-refractivity contribution in [2.75, 3.05) is 26.4 Å². The van der Waals surface area contributed by atoms with Crippen LogP contribution < -0.4 is 11.5 Å². The van der Waals surface area contributed by atoms with Crippen molar-refractivity contribution >= 4 is 34.0 Å². The van der Waals surface area contributed by atoms with Crippen molar-refractivity contribution in [3.05, 3.63) is 0 Å². The van der Waals surface area contributed by atoms with Crippen LogP contribution in [0.25, 0.3) is 0 Å². The summed E-state index contributed by atoms with van der Waals surface area (Å²) in [5.74, 6) is 0.132. The first kappa shape index (κ1) is 24.8. The highest BCUT2D eigenvalue weighted by Crippen LogP contribution is 2.28. The predicted octanol–water partition coefficient (Wildman–Crippen LogP) is 0.732. The number of rotatable bonds is 11. The predicted molar refractivity (Wildman–Crippen MR) is 89.1 cm³/mol. The second-order valence-corrected chi connectivity index (χ2v) is 4.69. The summed E-state index contributed by atoms with van der Waals surface area (Å²) in [4.78, 5) is 0. The molecule has 7 N–H and O–H groups in total. The van der Waals surface area contributed by atoms with Crippen LogP contribution in [0.5, 0.6) is 0 Å². The fourth-order valence-electron chi connectivity index (χ4n) is 2.33. The molecule has 0 aliphatic rings. The van der Waals surface area contributed by atoms with E-state index in [2.05, 4.69) is 0 Å². The van der Waals surface area contributed by atoms with E-state index in [4.69, 9.17) is 26.8 Å². The Morgan fingerprint density at radius 1 is 0.842 bits per heavy atom. The van der Waals surface area contributed by atoms with Gasteiger partial charge in [-0.2, -0.15) is 0 Å². The molecule has 1 unspecified atom stereocenters. The molecule has 0 saturated heterocycles. The van der Waals surface area contributed by atoms with Crippen molar-refractivity contribution in [2.45, 2.75) is 44.1 Å². The smallest absolute Gasteiger partial charge is 0.0431 e. The van der Waals surface area contributed by atoms with Crippen LogP contribution in [0.1, 0.15) is 38.5 Å². The van der Waals surface area contributed by atoms with E-state index in [9.17, 15) is 0 Å². The summed E-state index contributed by atoms with van der Waals surface area (Å²) in [6.07, 6.45) is 4.20. The van der Waals surface area contributed by atoms with Crippen LogP contribution in [-0.4, -0.2) is 47.2 Å². The maximum atomic E-state index is 8.91. The molecule has 0 fully saturated rings. The lowest BCUT2D eigenvalue weighted by Crippen LogP contribution is -2.50. The Labute approximate surface area is 137 Å². The number of halogens is 2. The van der Waals surface area contributed by atoms with Crippen LogP contribution in [0.2, 0.25) is 0 Å². The largest absolute Gasteiger partial charge is 0.396 e. The fraction of sp³-hybridized carbons (Fsp3) is 1.00. The summed E-state index contributed by atoms with van der Waals surface area (Å²) in [6, 6.07) is 0. The van der Waals surface area contributed by atoms with Gasteiger partial charge in [0.25, 0.3) is 0 Å². The van der Waals surface area contributed by atoms with Crippen LogP contribution in [0, 0.1) is 5.92 Å². The second kappa shape index (κ2) is 15.2. The quantitative estimate of drug-likeness (QED) is 0.345. The number of hydrogen-bond donors (Lipinski definition) is 5. The van der Waals surface area contributed by atoms with Gasteiger partial charge in [-0.3, -0.25) is 0 Å². The molecule has 0 aromatic rings. The molecule has 0 amide bonds. The highest BCUT2D eigenvalue weighted by atomic mass is 79.9. The third kappa shape index (κ3) is 10.2. The molecule has 0 radical (unpaired) electrons. The van der Waals surface area contributed by atoms with Crippen molar-refractivity contribution < 1.29 is 15.3 Å². The van der Waals surface area contributed by atoms with Gasteiger partial charge >= 0.3 is 0 Å². The SMILES string of the molecule is Br.Br.NCC(CCCO)C(N)(CCCO)CCCO. The van der Waals surface area contributed by atoms with Crippen LogP contribution in [0.3, 0.4) is 0 Å². The molecule has 0 aromatic heterocycles. The van der Waals surface area contributed by atoms with Crippen LogP contribution in [-0.2, 0) is 0 Å². The third-order valence-corrected chi connectivity index (χ3v) is 3.41. The number of nitrogens with two attached hydrogens (primary N) is 2. The van der Waals surface area contributed by atoms with E-state index in [0.29, 0.717) is 38.6 Å². The normalized spacial score (nSPS) is 12.5. The molecule has 19 heavy (non-hydrogen) atoms. The minimum Gasteiger partial charge on any atom is -0.396 e. The van der Waals surface area contributed by atoms with Crippen LogP contribution in [0.15, 0.2) is 0 Å². The third-order valence-electron chi connectivity index (χ3n) is 3.41. The van der Waals surface area contributed by atoms with E-state index in [1.807, 2.05) is 0 Å². The van der Waals surface area contributed by atoms with Crippen molar-refractivity contribution in [3.8, 4) is 0 Å². The molecular weight excluding hydrogens is 380 g/mol. The molecule has 0 spiro atoms. The molecule has 0 aliphatic carbocycles. The van der Waals surface area contributed by atoms with Gasteiger partial charge in [0.2, 0.25) is 0 Å². The molecule has 120 valence electrons. The summed E-state index contributed by atoms with van der Waals surface area (Å²) in [5, 5.41) is 26.7. The fourth-order valence-corrected chi connectivity index (χ4v) is 2.33. The van der Waals surface area contributed by atoms with Gasteiger partial charge in [0.15, 0.2) is 0 Å². The Morgan fingerprint density at radius 3 is 1.58 bits per heavy atom. The van der Waals surface area contributed by atoms with Crippen molar-refractivity contribution in [3.63, 3.8) is 0 Å². The molecule has 1 atom stereocenters. The van der Waals surface area contributed by atoms with Gasteiger partial charge in [0, 0.05) is 25.4 Å². The molecule has 0 aliphatic heterocycles. The molecule has 0 aromatic carbocycles. The average molecular weight is 410 g/mol. The summed E-state index contributed by atoms with van der Waals surface area (Å²) in [7, 11) is 0. The summed E-state index contributed by atoms with van der Waals surface area (Å²) < 4.78 is 0. The molecule has 0 heterocycles. The summed E-state index contributed by atoms with van der Waals surface area (Å²) in [5.41, 5.74) is 11.7. The van der Waals surface area contributed by atoms with Gasteiger partial charge in [-0.1, -0.05) is 0 Å². The average Bonchev–Trinajstić information content (AvgIpc) is 2.35. The Balaban J connectivity index is -0.00000128. The lowest BCUT2D eigenvalue weighted by Gasteiger charge is -2.37. The zero-order valence-electron chi connectivity index (χ0n) is 11.5. The maximum absolute atomic E-state index is 8.91. The van der Waals surface area contributed by atoms with E-state index >= 15 is 0 Å². The topological polar surface area (TPSA) is 113 Å². The lowest BCUT2D eigenvalue weighted by atomic mass is 9.75. The van der Waals surface area contributed by atoms with E-state index in [-0.39, 0.29) is 59.7 Å². The molecule has 5 nitrogen and oxygen atoms in total. The monoisotopic (exact) mass is 408 g/mol. The lowest BCUT2D eigenvalue weighted by molar-refractivity contribution is 0.168.